The van der Waals surface area contributed by atoms with Crippen LogP contribution in [0.3, 0.4) is 0 Å². The highest BCUT2D eigenvalue weighted by atomic mass is 79.9. The Bertz CT molecular complexity index is 461. The molecule has 0 radical (unpaired) electrons. The number of rotatable bonds is 1. The van der Waals surface area contributed by atoms with Crippen LogP contribution >= 0.6 is 15.9 Å². The van der Waals surface area contributed by atoms with Gasteiger partial charge in [-0.2, -0.15) is 0 Å². The number of hydrogen-bond donors (Lipinski definition) is 1. The third-order valence-corrected chi connectivity index (χ3v) is 4.17. The quantitative estimate of drug-likeness (QED) is 0.864. The molecule has 0 aromatic heterocycles. The number of piperidine rings is 1. The maximum atomic E-state index is 14.5. The van der Waals surface area contributed by atoms with Gasteiger partial charge >= 0.3 is 0 Å². The fourth-order valence-corrected chi connectivity index (χ4v) is 3.32. The van der Waals surface area contributed by atoms with Crippen molar-refractivity contribution in [2.75, 3.05) is 26.3 Å². The zero-order valence-electron chi connectivity index (χ0n) is 9.97. The molecule has 1 aromatic rings. The molecule has 0 bridgehead atoms. The van der Waals surface area contributed by atoms with Crippen LogP contribution in [0, 0.1) is 5.82 Å². The fourth-order valence-electron chi connectivity index (χ4n) is 2.62. The van der Waals surface area contributed by atoms with E-state index in [0.717, 1.165) is 36.0 Å². The van der Waals surface area contributed by atoms with Crippen molar-refractivity contribution in [3.05, 3.63) is 21.9 Å². The molecule has 5 heteroatoms. The Hall–Kier alpha value is -0.810. The van der Waals surface area contributed by atoms with Gasteiger partial charge < -0.3 is 14.8 Å². The van der Waals surface area contributed by atoms with Crippen molar-refractivity contribution < 1.29 is 13.9 Å². The second-order valence-electron chi connectivity index (χ2n) is 4.63. The summed E-state index contributed by atoms with van der Waals surface area (Å²) >= 11 is 3.47. The van der Waals surface area contributed by atoms with Crippen molar-refractivity contribution in [1.82, 2.24) is 5.32 Å². The lowest BCUT2D eigenvalue weighted by Crippen LogP contribution is -2.27. The van der Waals surface area contributed by atoms with Gasteiger partial charge in [0.1, 0.15) is 13.2 Å². The lowest BCUT2D eigenvalue weighted by Gasteiger charge is -2.27. The van der Waals surface area contributed by atoms with E-state index >= 15 is 0 Å². The van der Waals surface area contributed by atoms with Gasteiger partial charge in [-0.3, -0.25) is 0 Å². The maximum Gasteiger partial charge on any atom is 0.197 e. The van der Waals surface area contributed by atoms with E-state index in [2.05, 4.69) is 21.2 Å². The molecule has 0 saturated carbocycles. The van der Waals surface area contributed by atoms with E-state index in [0.29, 0.717) is 19.0 Å². The van der Waals surface area contributed by atoms with Crippen molar-refractivity contribution in [3.63, 3.8) is 0 Å². The van der Waals surface area contributed by atoms with Crippen LogP contribution in [0.5, 0.6) is 11.5 Å². The summed E-state index contributed by atoms with van der Waals surface area (Å²) in [4.78, 5) is 0. The fraction of sp³-hybridized carbons (Fsp3) is 0.538. The highest BCUT2D eigenvalue weighted by Gasteiger charge is 2.27. The van der Waals surface area contributed by atoms with Crippen LogP contribution in [-0.2, 0) is 0 Å². The monoisotopic (exact) mass is 315 g/mol. The van der Waals surface area contributed by atoms with Crippen LogP contribution in [-0.4, -0.2) is 26.3 Å². The molecular weight excluding hydrogens is 301 g/mol. The number of ether oxygens (including phenoxy) is 2. The second-order valence-corrected chi connectivity index (χ2v) is 5.49. The molecule has 0 amide bonds. The molecule has 1 N–H and O–H groups in total. The molecule has 98 valence electrons. The number of fused-ring (bicyclic) bond motifs is 1. The van der Waals surface area contributed by atoms with Crippen LogP contribution in [0.1, 0.15) is 24.3 Å². The van der Waals surface area contributed by atoms with Crippen molar-refractivity contribution in [1.29, 1.82) is 0 Å². The van der Waals surface area contributed by atoms with Crippen LogP contribution in [0.4, 0.5) is 4.39 Å². The third kappa shape index (κ3) is 2.10. The Morgan fingerprint density at radius 2 is 1.94 bits per heavy atom. The van der Waals surface area contributed by atoms with Gasteiger partial charge in [0.2, 0.25) is 0 Å². The number of hydrogen-bond acceptors (Lipinski definition) is 3. The molecule has 3 rings (SSSR count). The Morgan fingerprint density at radius 3 is 2.72 bits per heavy atom. The van der Waals surface area contributed by atoms with Gasteiger partial charge in [-0.05, 0) is 37.9 Å². The van der Waals surface area contributed by atoms with E-state index in [1.807, 2.05) is 6.07 Å². The van der Waals surface area contributed by atoms with Crippen molar-refractivity contribution in [2.45, 2.75) is 18.8 Å². The van der Waals surface area contributed by atoms with Gasteiger partial charge in [-0.1, -0.05) is 15.9 Å². The van der Waals surface area contributed by atoms with Gasteiger partial charge in [-0.25, -0.2) is 4.39 Å². The highest BCUT2D eigenvalue weighted by Crippen LogP contribution is 2.43. The summed E-state index contributed by atoms with van der Waals surface area (Å²) in [5.41, 5.74) is 0.737. The van der Waals surface area contributed by atoms with Gasteiger partial charge in [0.15, 0.2) is 17.3 Å². The SMILES string of the molecule is Fc1c2c(cc(Br)c1C1CCNCC1)OCCO2. The molecule has 1 fully saturated rings. The summed E-state index contributed by atoms with van der Waals surface area (Å²) in [6.45, 7) is 2.76. The summed E-state index contributed by atoms with van der Waals surface area (Å²) in [6.07, 6.45) is 1.91. The van der Waals surface area contributed by atoms with Gasteiger partial charge in [0, 0.05) is 10.0 Å². The van der Waals surface area contributed by atoms with Crippen molar-refractivity contribution in [3.8, 4) is 11.5 Å². The van der Waals surface area contributed by atoms with Crippen LogP contribution in [0.2, 0.25) is 0 Å². The van der Waals surface area contributed by atoms with Crippen LogP contribution in [0.25, 0.3) is 0 Å². The van der Waals surface area contributed by atoms with Crippen LogP contribution in [0.15, 0.2) is 10.5 Å². The summed E-state index contributed by atoms with van der Waals surface area (Å²) in [6, 6.07) is 1.83. The molecule has 0 atom stereocenters. The number of halogens is 2. The van der Waals surface area contributed by atoms with E-state index < -0.39 is 0 Å². The zero-order valence-corrected chi connectivity index (χ0v) is 11.6. The average molecular weight is 316 g/mol. The number of nitrogens with one attached hydrogen (secondary N) is 1. The lowest BCUT2D eigenvalue weighted by molar-refractivity contribution is 0.163. The normalized spacial score (nSPS) is 19.9. The predicted molar refractivity (Wildman–Crippen MR) is 69.9 cm³/mol. The smallest absolute Gasteiger partial charge is 0.197 e. The third-order valence-electron chi connectivity index (χ3n) is 3.51. The Morgan fingerprint density at radius 1 is 1.22 bits per heavy atom. The first-order chi connectivity index (χ1) is 8.77. The Labute approximate surface area is 114 Å². The predicted octanol–water partition coefficient (Wildman–Crippen LogP) is 2.83. The second kappa shape index (κ2) is 5.05. The first kappa shape index (κ1) is 12.2. The first-order valence-corrected chi connectivity index (χ1v) is 7.05. The summed E-state index contributed by atoms with van der Waals surface area (Å²) in [7, 11) is 0. The van der Waals surface area contributed by atoms with E-state index in [-0.39, 0.29) is 17.5 Å². The topological polar surface area (TPSA) is 30.5 Å². The molecular formula is C13H15BrFNO2. The molecule has 0 unspecified atom stereocenters. The van der Waals surface area contributed by atoms with Crippen molar-refractivity contribution in [2.24, 2.45) is 0 Å². The molecule has 0 aliphatic carbocycles. The molecule has 18 heavy (non-hydrogen) atoms. The molecule has 2 aliphatic rings. The molecule has 2 heterocycles. The van der Waals surface area contributed by atoms with Crippen LogP contribution < -0.4 is 14.8 Å². The molecule has 1 aromatic carbocycles. The first-order valence-electron chi connectivity index (χ1n) is 6.25. The molecule has 2 aliphatic heterocycles. The average Bonchev–Trinajstić information content (AvgIpc) is 2.40. The highest BCUT2D eigenvalue weighted by molar-refractivity contribution is 9.10. The van der Waals surface area contributed by atoms with E-state index in [1.54, 1.807) is 0 Å². The molecule has 1 saturated heterocycles. The minimum absolute atomic E-state index is 0.247. The van der Waals surface area contributed by atoms with Crippen molar-refractivity contribution >= 4 is 15.9 Å². The maximum absolute atomic E-state index is 14.5. The van der Waals surface area contributed by atoms with E-state index in [1.165, 1.54) is 0 Å². The summed E-state index contributed by atoms with van der Waals surface area (Å²) in [5.74, 6) is 0.767. The standard InChI is InChI=1S/C13H15BrFNO2/c14-9-7-10-13(18-6-5-17-10)12(15)11(9)8-1-3-16-4-2-8/h7-8,16H,1-6H2. The van der Waals surface area contributed by atoms with E-state index in [4.69, 9.17) is 9.47 Å². The summed E-state index contributed by atoms with van der Waals surface area (Å²) < 4.78 is 26.2. The molecule has 0 spiro atoms. The largest absolute Gasteiger partial charge is 0.486 e. The minimum atomic E-state index is -0.258. The Kier molecular flexibility index (Phi) is 3.43. The number of benzene rings is 1. The van der Waals surface area contributed by atoms with Gasteiger partial charge in [0.25, 0.3) is 0 Å². The van der Waals surface area contributed by atoms with Gasteiger partial charge in [0.05, 0.1) is 0 Å². The Balaban J connectivity index is 2.02. The lowest BCUT2D eigenvalue weighted by atomic mass is 9.89. The minimum Gasteiger partial charge on any atom is -0.486 e. The summed E-state index contributed by atoms with van der Waals surface area (Å²) in [5, 5.41) is 3.29. The molecule has 3 nitrogen and oxygen atoms in total. The van der Waals surface area contributed by atoms with E-state index in [9.17, 15) is 4.39 Å². The zero-order chi connectivity index (χ0) is 12.5. The van der Waals surface area contributed by atoms with Gasteiger partial charge in [-0.15, -0.1) is 0 Å².